The fourth-order valence-corrected chi connectivity index (χ4v) is 4.21. The number of hydrogen-bond acceptors (Lipinski definition) is 8. The summed E-state index contributed by atoms with van der Waals surface area (Å²) >= 11 is 1.51. The zero-order chi connectivity index (χ0) is 24.1. The van der Waals surface area contributed by atoms with Crippen LogP contribution in [0.5, 0.6) is 11.5 Å². The van der Waals surface area contributed by atoms with Crippen LogP contribution in [0.15, 0.2) is 63.3 Å². The molecule has 34 heavy (non-hydrogen) atoms. The van der Waals surface area contributed by atoms with Crippen molar-refractivity contribution in [2.45, 2.75) is 19.4 Å². The van der Waals surface area contributed by atoms with Crippen LogP contribution in [0.3, 0.4) is 0 Å². The van der Waals surface area contributed by atoms with E-state index in [1.165, 1.54) is 23.7 Å². The maximum absolute atomic E-state index is 12.7. The normalized spacial score (nSPS) is 11.7. The Balaban J connectivity index is 1.37. The van der Waals surface area contributed by atoms with Gasteiger partial charge >= 0.3 is 0 Å². The number of ether oxygens (including phenoxy) is 2. The van der Waals surface area contributed by atoms with E-state index in [0.29, 0.717) is 35.9 Å². The Labute approximate surface area is 200 Å². The lowest BCUT2D eigenvalue weighted by Crippen LogP contribution is -2.37. The summed E-state index contributed by atoms with van der Waals surface area (Å²) in [4.78, 5) is 29.6. The van der Waals surface area contributed by atoms with Crippen molar-refractivity contribution in [3.63, 3.8) is 0 Å². The average Bonchev–Trinajstić information content (AvgIpc) is 3.56. The molecule has 10 heteroatoms. The lowest BCUT2D eigenvalue weighted by Gasteiger charge is -2.14. The van der Waals surface area contributed by atoms with Gasteiger partial charge in [0.1, 0.15) is 16.7 Å². The van der Waals surface area contributed by atoms with Crippen molar-refractivity contribution in [2.24, 2.45) is 0 Å². The maximum atomic E-state index is 12.7. The van der Waals surface area contributed by atoms with Gasteiger partial charge in [0.25, 0.3) is 5.56 Å². The number of methoxy groups -OCH3 is 2. The molecule has 1 atom stereocenters. The zero-order valence-electron chi connectivity index (χ0n) is 19.0. The highest BCUT2D eigenvalue weighted by molar-refractivity contribution is 7.13. The van der Waals surface area contributed by atoms with Crippen LogP contribution in [0, 0.1) is 0 Å². The van der Waals surface area contributed by atoms with E-state index in [2.05, 4.69) is 15.4 Å². The van der Waals surface area contributed by atoms with Gasteiger partial charge < -0.3 is 19.2 Å². The molecule has 1 N–H and O–H groups in total. The molecule has 3 aromatic heterocycles. The molecule has 0 aliphatic carbocycles. The summed E-state index contributed by atoms with van der Waals surface area (Å²) in [6.07, 6.45) is 2.08. The number of benzene rings is 1. The number of aromatic nitrogens is 3. The van der Waals surface area contributed by atoms with Gasteiger partial charge in [0.05, 0.1) is 26.2 Å². The van der Waals surface area contributed by atoms with Gasteiger partial charge in [-0.1, -0.05) is 0 Å². The molecule has 0 bridgehead atoms. The number of carbonyl (C=O) groups is 1. The second-order valence-electron chi connectivity index (χ2n) is 7.41. The van der Waals surface area contributed by atoms with Gasteiger partial charge in [0.15, 0.2) is 17.3 Å². The molecule has 0 aliphatic rings. The number of thiazole rings is 1. The molecule has 0 saturated carbocycles. The molecule has 3 heterocycles. The Kier molecular flexibility index (Phi) is 7.07. The summed E-state index contributed by atoms with van der Waals surface area (Å²) in [6, 6.07) is 11.3. The summed E-state index contributed by atoms with van der Waals surface area (Å²) in [6.45, 7) is 2.01. The summed E-state index contributed by atoms with van der Waals surface area (Å²) in [5.74, 6) is 1.51. The van der Waals surface area contributed by atoms with Crippen LogP contribution in [0.2, 0.25) is 0 Å². The van der Waals surface area contributed by atoms with E-state index < -0.39 is 6.04 Å². The van der Waals surface area contributed by atoms with Crippen molar-refractivity contribution in [1.82, 2.24) is 20.1 Å². The number of amides is 1. The Hall–Kier alpha value is -3.92. The van der Waals surface area contributed by atoms with Gasteiger partial charge in [0.2, 0.25) is 5.91 Å². The minimum Gasteiger partial charge on any atom is -0.493 e. The summed E-state index contributed by atoms with van der Waals surface area (Å²) in [5, 5.41) is 9.95. The third-order valence-corrected chi connectivity index (χ3v) is 6.15. The largest absolute Gasteiger partial charge is 0.493 e. The SMILES string of the molecule is COc1ccc(-c2nc(CCNC(=O)C(C)n3nc(-c4ccco4)ccc3=O)cs2)cc1OC. The molecule has 0 saturated heterocycles. The first-order valence-corrected chi connectivity index (χ1v) is 11.5. The van der Waals surface area contributed by atoms with Crippen molar-refractivity contribution < 1.29 is 18.7 Å². The molecule has 4 aromatic rings. The van der Waals surface area contributed by atoms with Crippen LogP contribution >= 0.6 is 11.3 Å². The monoisotopic (exact) mass is 480 g/mol. The molecule has 9 nitrogen and oxygen atoms in total. The Morgan fingerprint density at radius 1 is 1.18 bits per heavy atom. The van der Waals surface area contributed by atoms with E-state index in [1.807, 2.05) is 23.6 Å². The van der Waals surface area contributed by atoms with E-state index in [1.54, 1.807) is 39.3 Å². The topological polar surface area (TPSA) is 108 Å². The molecule has 0 aliphatic heterocycles. The smallest absolute Gasteiger partial charge is 0.267 e. The highest BCUT2D eigenvalue weighted by atomic mass is 32.1. The van der Waals surface area contributed by atoms with E-state index in [4.69, 9.17) is 13.9 Å². The third kappa shape index (κ3) is 5.01. The molecule has 0 spiro atoms. The van der Waals surface area contributed by atoms with Gasteiger partial charge in [-0.25, -0.2) is 9.67 Å². The van der Waals surface area contributed by atoms with Gasteiger partial charge in [-0.05, 0) is 43.3 Å². The molecule has 4 rings (SSSR count). The highest BCUT2D eigenvalue weighted by Crippen LogP contribution is 2.33. The van der Waals surface area contributed by atoms with Crippen molar-refractivity contribution >= 4 is 17.2 Å². The first-order chi connectivity index (χ1) is 16.5. The van der Waals surface area contributed by atoms with Gasteiger partial charge in [0, 0.05) is 30.0 Å². The van der Waals surface area contributed by atoms with Crippen molar-refractivity contribution in [2.75, 3.05) is 20.8 Å². The maximum Gasteiger partial charge on any atom is 0.267 e. The molecule has 0 fully saturated rings. The van der Waals surface area contributed by atoms with Crippen molar-refractivity contribution in [1.29, 1.82) is 0 Å². The molecular formula is C24H24N4O5S. The van der Waals surface area contributed by atoms with Crippen molar-refractivity contribution in [3.8, 4) is 33.5 Å². The van der Waals surface area contributed by atoms with Gasteiger partial charge in [-0.15, -0.1) is 11.3 Å². The summed E-state index contributed by atoms with van der Waals surface area (Å²) in [7, 11) is 3.19. The van der Waals surface area contributed by atoms with Gasteiger partial charge in [-0.3, -0.25) is 9.59 Å². The lowest BCUT2D eigenvalue weighted by molar-refractivity contribution is -0.124. The Morgan fingerprint density at radius 3 is 2.74 bits per heavy atom. The second kappa shape index (κ2) is 10.3. The van der Waals surface area contributed by atoms with E-state index in [0.717, 1.165) is 20.9 Å². The van der Waals surface area contributed by atoms with Crippen LogP contribution in [-0.2, 0) is 11.2 Å². The standard InChI is InChI=1S/C24H24N4O5S/c1-15(28-22(29)9-7-18(27-28)19-5-4-12-33-19)23(30)25-11-10-17-14-34-24(26-17)16-6-8-20(31-2)21(13-16)32-3/h4-9,12-15H,10-11H2,1-3H3,(H,25,30). The fourth-order valence-electron chi connectivity index (χ4n) is 3.35. The number of nitrogens with zero attached hydrogens (tertiary/aromatic N) is 3. The Bertz CT molecular complexity index is 1330. The third-order valence-electron chi connectivity index (χ3n) is 5.21. The van der Waals surface area contributed by atoms with Crippen LogP contribution < -0.4 is 20.3 Å². The molecule has 0 radical (unpaired) electrons. The summed E-state index contributed by atoms with van der Waals surface area (Å²) in [5.41, 5.74) is 1.90. The van der Waals surface area contributed by atoms with Crippen molar-refractivity contribution in [3.05, 3.63) is 70.2 Å². The van der Waals surface area contributed by atoms with E-state index in [-0.39, 0.29) is 11.5 Å². The number of rotatable bonds is 9. The number of hydrogen-bond donors (Lipinski definition) is 1. The lowest BCUT2D eigenvalue weighted by atomic mass is 10.2. The number of carbonyl (C=O) groups excluding carboxylic acids is 1. The molecule has 1 unspecified atom stereocenters. The van der Waals surface area contributed by atoms with E-state index >= 15 is 0 Å². The summed E-state index contributed by atoms with van der Waals surface area (Å²) < 4.78 is 17.1. The quantitative estimate of drug-likeness (QED) is 0.390. The van der Waals surface area contributed by atoms with Crippen LogP contribution in [0.4, 0.5) is 0 Å². The highest BCUT2D eigenvalue weighted by Gasteiger charge is 2.18. The zero-order valence-corrected chi connectivity index (χ0v) is 19.8. The second-order valence-corrected chi connectivity index (χ2v) is 8.27. The predicted molar refractivity (Wildman–Crippen MR) is 128 cm³/mol. The van der Waals surface area contributed by atoms with Crippen LogP contribution in [0.1, 0.15) is 18.7 Å². The molecule has 176 valence electrons. The van der Waals surface area contributed by atoms with E-state index in [9.17, 15) is 9.59 Å². The molecule has 1 amide bonds. The minimum atomic E-state index is -0.778. The first-order valence-electron chi connectivity index (χ1n) is 10.6. The van der Waals surface area contributed by atoms with Crippen LogP contribution in [0.25, 0.3) is 22.0 Å². The number of nitrogens with one attached hydrogen (secondary N) is 1. The van der Waals surface area contributed by atoms with Gasteiger partial charge in [-0.2, -0.15) is 5.10 Å². The minimum absolute atomic E-state index is 0.304. The predicted octanol–water partition coefficient (Wildman–Crippen LogP) is 3.56. The molecular weight excluding hydrogens is 456 g/mol. The fraction of sp³-hybridized carbons (Fsp3) is 0.250. The van der Waals surface area contributed by atoms with Crippen LogP contribution in [-0.4, -0.2) is 41.4 Å². The average molecular weight is 481 g/mol. The molecule has 1 aromatic carbocycles. The Morgan fingerprint density at radius 2 is 2.00 bits per heavy atom. The number of furan rings is 1. The first kappa shape index (κ1) is 23.2.